The molecule has 2 N–H and O–H groups in total. The minimum absolute atomic E-state index is 0.0212. The molecule has 2 aliphatic rings. The summed E-state index contributed by atoms with van der Waals surface area (Å²) >= 11 is 0. The molecule has 1 amide bonds. The van der Waals surface area contributed by atoms with Crippen LogP contribution in [0.25, 0.3) is 0 Å². The Morgan fingerprint density at radius 1 is 1.45 bits per heavy atom. The van der Waals surface area contributed by atoms with E-state index in [2.05, 4.69) is 54.2 Å². The van der Waals surface area contributed by atoms with Gasteiger partial charge in [0.25, 0.3) is 0 Å². The molecule has 4 nitrogen and oxygen atoms in total. The van der Waals surface area contributed by atoms with Crippen LogP contribution in [0.15, 0.2) is 36.0 Å². The smallest absolute Gasteiger partial charge is 0.217 e. The first-order valence-electron chi connectivity index (χ1n) is 8.23. The molecule has 0 aromatic rings. The predicted molar refractivity (Wildman–Crippen MR) is 91.7 cm³/mol. The van der Waals surface area contributed by atoms with Crippen LogP contribution in [-0.2, 0) is 4.79 Å². The Labute approximate surface area is 134 Å². The predicted octanol–water partition coefficient (Wildman–Crippen LogP) is 2.01. The number of rotatable bonds is 6. The monoisotopic (exact) mass is 303 g/mol. The minimum Gasteiger partial charge on any atom is -0.347 e. The number of allylic oxidation sites excluding steroid dienone is 1. The van der Waals surface area contributed by atoms with Gasteiger partial charge in [-0.2, -0.15) is 0 Å². The van der Waals surface area contributed by atoms with Crippen LogP contribution < -0.4 is 10.6 Å². The topological polar surface area (TPSA) is 44.4 Å². The van der Waals surface area contributed by atoms with Crippen molar-refractivity contribution in [2.24, 2.45) is 0 Å². The molecule has 0 radical (unpaired) electrons. The molecule has 0 aromatic carbocycles. The summed E-state index contributed by atoms with van der Waals surface area (Å²) in [5, 5.41) is 6.45. The fraction of sp³-hybridized carbons (Fsp3) is 0.611. The molecule has 0 aromatic heterocycles. The van der Waals surface area contributed by atoms with Crippen molar-refractivity contribution in [2.75, 3.05) is 26.2 Å². The van der Waals surface area contributed by atoms with Crippen molar-refractivity contribution in [3.05, 3.63) is 36.0 Å². The molecule has 1 saturated heterocycles. The number of carbonyl (C=O) groups excluding carboxylic acids is 1. The van der Waals surface area contributed by atoms with Crippen LogP contribution in [0, 0.1) is 0 Å². The lowest BCUT2D eigenvalue weighted by molar-refractivity contribution is -0.119. The van der Waals surface area contributed by atoms with Crippen molar-refractivity contribution in [3.63, 3.8) is 0 Å². The van der Waals surface area contributed by atoms with Crippen molar-refractivity contribution in [2.45, 2.75) is 45.2 Å². The summed E-state index contributed by atoms with van der Waals surface area (Å²) in [5.74, 6) is 0.0212. The maximum absolute atomic E-state index is 11.3. The van der Waals surface area contributed by atoms with E-state index in [1.165, 1.54) is 5.57 Å². The van der Waals surface area contributed by atoms with E-state index in [0.29, 0.717) is 6.04 Å². The Hall–Kier alpha value is -1.39. The molecule has 22 heavy (non-hydrogen) atoms. The van der Waals surface area contributed by atoms with Gasteiger partial charge in [0.1, 0.15) is 0 Å². The summed E-state index contributed by atoms with van der Waals surface area (Å²) in [4.78, 5) is 13.8. The molecule has 1 aliphatic carbocycles. The highest BCUT2D eigenvalue weighted by Gasteiger charge is 2.44. The van der Waals surface area contributed by atoms with Crippen LogP contribution in [0.4, 0.5) is 0 Å². The van der Waals surface area contributed by atoms with Crippen LogP contribution >= 0.6 is 0 Å². The van der Waals surface area contributed by atoms with Crippen molar-refractivity contribution < 1.29 is 4.79 Å². The van der Waals surface area contributed by atoms with Gasteiger partial charge in [-0.1, -0.05) is 24.8 Å². The van der Waals surface area contributed by atoms with E-state index < -0.39 is 0 Å². The summed E-state index contributed by atoms with van der Waals surface area (Å²) in [5.41, 5.74) is 2.13. The van der Waals surface area contributed by atoms with Gasteiger partial charge in [-0.25, -0.2) is 0 Å². The van der Waals surface area contributed by atoms with E-state index in [0.717, 1.165) is 44.6 Å². The second-order valence-corrected chi connectivity index (χ2v) is 6.51. The highest BCUT2D eigenvalue weighted by molar-refractivity contribution is 5.75. The van der Waals surface area contributed by atoms with Gasteiger partial charge >= 0.3 is 0 Å². The zero-order valence-corrected chi connectivity index (χ0v) is 14.1. The number of hydrogen-bond acceptors (Lipinski definition) is 3. The summed E-state index contributed by atoms with van der Waals surface area (Å²) in [7, 11) is 0. The molecular formula is C18H29N3O. The largest absolute Gasteiger partial charge is 0.347 e. The van der Waals surface area contributed by atoms with E-state index in [-0.39, 0.29) is 11.4 Å². The zero-order valence-electron chi connectivity index (χ0n) is 14.1. The molecule has 1 heterocycles. The molecule has 0 unspecified atom stereocenters. The third kappa shape index (κ3) is 4.31. The van der Waals surface area contributed by atoms with Gasteiger partial charge in [-0.05, 0) is 37.8 Å². The molecule has 2 fully saturated rings. The average Bonchev–Trinajstić information content (AvgIpc) is 3.25. The van der Waals surface area contributed by atoms with Crippen LogP contribution in [-0.4, -0.2) is 48.6 Å². The van der Waals surface area contributed by atoms with Crippen LogP contribution in [0.1, 0.15) is 33.6 Å². The number of nitrogens with one attached hydrogen (secondary N) is 2. The first kappa shape index (κ1) is 17.0. The zero-order chi connectivity index (χ0) is 16.2. The molecule has 1 atom stereocenters. The lowest BCUT2D eigenvalue weighted by atomic mass is 10.0. The Bertz CT molecular complexity index is 489. The van der Waals surface area contributed by atoms with Gasteiger partial charge in [-0.15, -0.1) is 0 Å². The van der Waals surface area contributed by atoms with E-state index >= 15 is 0 Å². The van der Waals surface area contributed by atoms with Crippen LogP contribution in [0.5, 0.6) is 0 Å². The normalized spacial score (nSPS) is 25.2. The summed E-state index contributed by atoms with van der Waals surface area (Å²) in [6.45, 7) is 14.2. The molecule has 0 spiro atoms. The lowest BCUT2D eigenvalue weighted by Crippen LogP contribution is -2.50. The maximum atomic E-state index is 11.3. The van der Waals surface area contributed by atoms with Crippen molar-refractivity contribution >= 4 is 5.91 Å². The van der Waals surface area contributed by atoms with Crippen LogP contribution in [0.3, 0.4) is 0 Å². The highest BCUT2D eigenvalue weighted by Crippen LogP contribution is 2.42. The van der Waals surface area contributed by atoms with Gasteiger partial charge in [0.2, 0.25) is 5.91 Å². The van der Waals surface area contributed by atoms with E-state index in [1.54, 1.807) is 6.92 Å². The second-order valence-electron chi connectivity index (χ2n) is 6.51. The number of piperazine rings is 1. The lowest BCUT2D eigenvalue weighted by Gasteiger charge is -2.34. The Morgan fingerprint density at radius 2 is 2.18 bits per heavy atom. The SMILES string of the molecule is C=C(/C=C\C(=C/C)CN1CCNC[C@H]1C)C1(NC(C)=O)CC1. The number of carbonyl (C=O) groups is 1. The fourth-order valence-electron chi connectivity index (χ4n) is 2.95. The summed E-state index contributed by atoms with van der Waals surface area (Å²) in [6.07, 6.45) is 8.38. The fourth-order valence-corrected chi connectivity index (χ4v) is 2.95. The first-order chi connectivity index (χ1) is 10.5. The minimum atomic E-state index is -0.177. The van der Waals surface area contributed by atoms with Gasteiger partial charge in [0.05, 0.1) is 5.54 Å². The number of amides is 1. The Balaban J connectivity index is 1.92. The molecule has 2 rings (SSSR count). The van der Waals surface area contributed by atoms with Gasteiger partial charge in [0, 0.05) is 39.1 Å². The number of hydrogen-bond donors (Lipinski definition) is 2. The van der Waals surface area contributed by atoms with Crippen molar-refractivity contribution in [1.82, 2.24) is 15.5 Å². The quantitative estimate of drug-likeness (QED) is 0.738. The second kappa shape index (κ2) is 7.25. The molecular weight excluding hydrogens is 274 g/mol. The maximum Gasteiger partial charge on any atom is 0.217 e. The van der Waals surface area contributed by atoms with Crippen LogP contribution in [0.2, 0.25) is 0 Å². The van der Waals surface area contributed by atoms with E-state index in [4.69, 9.17) is 0 Å². The molecule has 122 valence electrons. The first-order valence-corrected chi connectivity index (χ1v) is 8.23. The molecule has 1 saturated carbocycles. The van der Waals surface area contributed by atoms with Crippen molar-refractivity contribution in [3.8, 4) is 0 Å². The third-order valence-electron chi connectivity index (χ3n) is 4.67. The Kier molecular flexibility index (Phi) is 5.59. The van der Waals surface area contributed by atoms with E-state index in [1.807, 2.05) is 0 Å². The standard InChI is InChI=1S/C18H29N3O/c1-5-17(13-21-11-10-19-12-15(21)3)7-6-14(2)18(8-9-18)20-16(4)22/h5-7,15,19H,2,8-13H2,1,3-4H3,(H,20,22)/b7-6-,17-5+/t15-/m1/s1. The van der Waals surface area contributed by atoms with Gasteiger partial charge in [0.15, 0.2) is 0 Å². The molecule has 4 heteroatoms. The van der Waals surface area contributed by atoms with Gasteiger partial charge in [-0.3, -0.25) is 9.69 Å². The van der Waals surface area contributed by atoms with Gasteiger partial charge < -0.3 is 10.6 Å². The average molecular weight is 303 g/mol. The molecule has 0 bridgehead atoms. The third-order valence-corrected chi connectivity index (χ3v) is 4.67. The number of nitrogens with zero attached hydrogens (tertiary/aromatic N) is 1. The Morgan fingerprint density at radius 3 is 2.73 bits per heavy atom. The highest BCUT2D eigenvalue weighted by atomic mass is 16.1. The van der Waals surface area contributed by atoms with E-state index in [9.17, 15) is 4.79 Å². The van der Waals surface area contributed by atoms with Crippen molar-refractivity contribution in [1.29, 1.82) is 0 Å². The summed E-state index contributed by atoms with van der Waals surface area (Å²) in [6, 6.07) is 0.564. The molecule has 1 aliphatic heterocycles. The summed E-state index contributed by atoms with van der Waals surface area (Å²) < 4.78 is 0.